The average Bonchev–Trinajstić information content (AvgIpc) is 3.21. The summed E-state index contributed by atoms with van der Waals surface area (Å²) in [5, 5.41) is 30.6. The number of nitriles is 1. The van der Waals surface area contributed by atoms with E-state index >= 15 is 0 Å². The highest BCUT2D eigenvalue weighted by molar-refractivity contribution is 7.10. The number of carbonyl (C=O) groups is 2. The molecule has 0 aliphatic heterocycles. The summed E-state index contributed by atoms with van der Waals surface area (Å²) in [5.74, 6) is -0.293. The zero-order valence-electron chi connectivity index (χ0n) is 20.4. The summed E-state index contributed by atoms with van der Waals surface area (Å²) in [6.07, 6.45) is -0.599. The van der Waals surface area contributed by atoms with Crippen LogP contribution >= 0.6 is 34.7 Å². The Morgan fingerprint density at radius 2 is 2.03 bits per heavy atom. The molecule has 1 heterocycles. The second kappa shape index (κ2) is 16.1. The summed E-state index contributed by atoms with van der Waals surface area (Å²) in [6, 6.07) is 7.19. The van der Waals surface area contributed by atoms with Crippen LogP contribution < -0.4 is 10.2 Å². The number of carbonyl (C=O) groups excluding carboxylic acids is 2. The Bertz CT molecular complexity index is 1120. The van der Waals surface area contributed by atoms with E-state index in [0.717, 1.165) is 11.5 Å². The SMILES string of the molecule is CC(=O)Nc1cc(N(CCOC(=O)CCCl)CCOC(O)CCCl)ccc1N=Nc1snc(C)c1C#N. The van der Waals surface area contributed by atoms with Gasteiger partial charge in [-0.1, -0.05) is 0 Å². The van der Waals surface area contributed by atoms with E-state index in [1.807, 2.05) is 4.90 Å². The van der Waals surface area contributed by atoms with Gasteiger partial charge < -0.3 is 24.8 Å². The number of nitrogens with one attached hydrogen (secondary N) is 1. The number of rotatable bonds is 15. The predicted octanol–water partition coefficient (Wildman–Crippen LogP) is 4.64. The summed E-state index contributed by atoms with van der Waals surface area (Å²) < 4.78 is 14.7. The summed E-state index contributed by atoms with van der Waals surface area (Å²) >= 11 is 12.3. The van der Waals surface area contributed by atoms with E-state index in [9.17, 15) is 20.0 Å². The van der Waals surface area contributed by atoms with Gasteiger partial charge in [-0.25, -0.2) is 0 Å². The van der Waals surface area contributed by atoms with Crippen LogP contribution in [-0.4, -0.2) is 65.7 Å². The van der Waals surface area contributed by atoms with E-state index in [1.54, 1.807) is 25.1 Å². The summed E-state index contributed by atoms with van der Waals surface area (Å²) in [6.45, 7) is 4.01. The Morgan fingerprint density at radius 1 is 1.27 bits per heavy atom. The van der Waals surface area contributed by atoms with Crippen LogP contribution in [0.5, 0.6) is 0 Å². The lowest BCUT2D eigenvalue weighted by Crippen LogP contribution is -2.32. The van der Waals surface area contributed by atoms with Gasteiger partial charge in [-0.3, -0.25) is 9.59 Å². The molecule has 0 spiro atoms. The van der Waals surface area contributed by atoms with Gasteiger partial charge in [0.05, 0.1) is 31.0 Å². The Balaban J connectivity index is 2.27. The number of ether oxygens (including phenoxy) is 2. The minimum atomic E-state index is -0.993. The van der Waals surface area contributed by atoms with E-state index in [0.29, 0.717) is 46.4 Å². The van der Waals surface area contributed by atoms with Crippen molar-refractivity contribution in [3.05, 3.63) is 29.5 Å². The topological polar surface area (TPSA) is 150 Å². The number of aryl methyl sites for hydroxylation is 1. The molecule has 0 aliphatic rings. The number of aliphatic hydroxyl groups is 1. The second-order valence-corrected chi connectivity index (χ2v) is 9.10. The molecule has 0 radical (unpaired) electrons. The number of alkyl halides is 2. The highest BCUT2D eigenvalue weighted by Gasteiger charge is 2.15. The van der Waals surface area contributed by atoms with Crippen LogP contribution in [-0.2, 0) is 19.1 Å². The molecule has 11 nitrogen and oxygen atoms in total. The van der Waals surface area contributed by atoms with Gasteiger partial charge in [0.15, 0.2) is 11.3 Å². The number of esters is 1. The molecule has 37 heavy (non-hydrogen) atoms. The van der Waals surface area contributed by atoms with Crippen LogP contribution in [0.25, 0.3) is 0 Å². The first-order valence-electron chi connectivity index (χ1n) is 11.3. The van der Waals surface area contributed by atoms with Crippen LogP contribution in [0.3, 0.4) is 0 Å². The molecule has 1 amide bonds. The van der Waals surface area contributed by atoms with Crippen LogP contribution in [0.2, 0.25) is 0 Å². The van der Waals surface area contributed by atoms with Crippen molar-refractivity contribution >= 4 is 68.7 Å². The number of halogens is 2. The first kappa shape index (κ1) is 30.4. The third kappa shape index (κ3) is 10.2. The van der Waals surface area contributed by atoms with Gasteiger partial charge in [-0.05, 0) is 36.7 Å². The van der Waals surface area contributed by atoms with E-state index in [2.05, 4.69) is 26.0 Å². The van der Waals surface area contributed by atoms with Crippen LogP contribution in [0.1, 0.15) is 31.0 Å². The first-order valence-corrected chi connectivity index (χ1v) is 13.1. The highest BCUT2D eigenvalue weighted by atomic mass is 35.5. The number of hydrogen-bond acceptors (Lipinski definition) is 11. The van der Waals surface area contributed by atoms with E-state index in [1.165, 1.54) is 6.92 Å². The normalized spacial score (nSPS) is 11.8. The second-order valence-electron chi connectivity index (χ2n) is 7.59. The monoisotopic (exact) mass is 570 g/mol. The zero-order chi connectivity index (χ0) is 27.2. The van der Waals surface area contributed by atoms with Gasteiger partial charge >= 0.3 is 5.97 Å². The average molecular weight is 571 g/mol. The highest BCUT2D eigenvalue weighted by Crippen LogP contribution is 2.34. The lowest BCUT2D eigenvalue weighted by atomic mass is 10.2. The fourth-order valence-electron chi connectivity index (χ4n) is 3.02. The molecule has 1 aromatic heterocycles. The molecule has 1 atom stereocenters. The van der Waals surface area contributed by atoms with Crippen molar-refractivity contribution in [3.63, 3.8) is 0 Å². The van der Waals surface area contributed by atoms with Crippen molar-refractivity contribution in [2.75, 3.05) is 48.3 Å². The third-order valence-corrected chi connectivity index (χ3v) is 6.04. The van der Waals surface area contributed by atoms with Crippen LogP contribution in [0.4, 0.5) is 22.1 Å². The number of aromatic nitrogens is 1. The van der Waals surface area contributed by atoms with E-state index in [-0.39, 0.29) is 43.7 Å². The molecule has 1 aromatic carbocycles. The number of nitrogens with zero attached hydrogens (tertiary/aromatic N) is 5. The molecule has 0 bridgehead atoms. The van der Waals surface area contributed by atoms with Gasteiger partial charge in [0.2, 0.25) is 5.91 Å². The summed E-state index contributed by atoms with van der Waals surface area (Å²) in [7, 11) is 0. The zero-order valence-corrected chi connectivity index (χ0v) is 22.8. The molecule has 14 heteroatoms. The maximum atomic E-state index is 11.9. The lowest BCUT2D eigenvalue weighted by Gasteiger charge is -2.26. The standard InChI is InChI=1S/C23H28Cl2N6O5S/c1-15-18(14-26)23(37-30-15)29-28-19-4-3-17(13-20(19)27-16(2)32)31(9-11-35-21(33)5-7-24)10-12-36-22(34)6-8-25/h3-4,13,21,33H,5-12H2,1-2H3,(H,27,32). The fraction of sp³-hybridized carbons (Fsp3) is 0.478. The molecule has 2 aromatic rings. The Labute approximate surface area is 229 Å². The number of anilines is 2. The predicted molar refractivity (Wildman–Crippen MR) is 142 cm³/mol. The van der Waals surface area contributed by atoms with Crippen LogP contribution in [0, 0.1) is 18.3 Å². The Kier molecular flexibility index (Phi) is 13.2. The smallest absolute Gasteiger partial charge is 0.307 e. The van der Waals surface area contributed by atoms with Gasteiger partial charge in [0, 0.05) is 37.3 Å². The molecule has 0 aliphatic carbocycles. The molecule has 0 fully saturated rings. The minimum absolute atomic E-state index is 0.0958. The maximum absolute atomic E-state index is 11.9. The third-order valence-electron chi connectivity index (χ3n) is 4.81. The van der Waals surface area contributed by atoms with Crippen LogP contribution in [0.15, 0.2) is 28.4 Å². The number of azo groups is 1. The van der Waals surface area contributed by atoms with Gasteiger partial charge in [0.1, 0.15) is 23.9 Å². The van der Waals surface area contributed by atoms with Crippen molar-refractivity contribution in [2.45, 2.75) is 33.0 Å². The fourth-order valence-corrected chi connectivity index (χ4v) is 4.03. The van der Waals surface area contributed by atoms with Crippen molar-refractivity contribution in [1.29, 1.82) is 5.26 Å². The first-order chi connectivity index (χ1) is 17.8. The minimum Gasteiger partial charge on any atom is -0.464 e. The van der Waals surface area contributed by atoms with E-state index in [4.69, 9.17) is 32.7 Å². The molecule has 1 unspecified atom stereocenters. The molecular weight excluding hydrogens is 543 g/mol. The van der Waals surface area contributed by atoms with Crippen molar-refractivity contribution in [3.8, 4) is 6.07 Å². The lowest BCUT2D eigenvalue weighted by molar-refractivity contribution is -0.142. The van der Waals surface area contributed by atoms with Gasteiger partial charge in [0.25, 0.3) is 0 Å². The number of hydrogen-bond donors (Lipinski definition) is 2. The molecule has 0 saturated heterocycles. The molecule has 2 N–H and O–H groups in total. The quantitative estimate of drug-likeness (QED) is 0.136. The van der Waals surface area contributed by atoms with Gasteiger partial charge in [-0.15, -0.1) is 33.4 Å². The Hall–Kier alpha value is -2.82. The molecule has 0 saturated carbocycles. The molecular formula is C23H28Cl2N6O5S. The van der Waals surface area contributed by atoms with Crippen molar-refractivity contribution in [1.82, 2.24) is 4.37 Å². The van der Waals surface area contributed by atoms with Crippen molar-refractivity contribution in [2.24, 2.45) is 10.2 Å². The summed E-state index contributed by atoms with van der Waals surface area (Å²) in [4.78, 5) is 25.4. The van der Waals surface area contributed by atoms with Crippen molar-refractivity contribution < 1.29 is 24.2 Å². The number of benzene rings is 1. The Morgan fingerprint density at radius 3 is 2.70 bits per heavy atom. The molecule has 2 rings (SSSR count). The molecule has 200 valence electrons. The maximum Gasteiger partial charge on any atom is 0.307 e. The van der Waals surface area contributed by atoms with Gasteiger partial charge in [-0.2, -0.15) is 9.64 Å². The number of amides is 1. The summed E-state index contributed by atoms with van der Waals surface area (Å²) in [5.41, 5.74) is 2.35. The largest absolute Gasteiger partial charge is 0.464 e. The van der Waals surface area contributed by atoms with E-state index < -0.39 is 12.3 Å². The number of aliphatic hydroxyl groups excluding tert-OH is 1.